The molecule has 0 bridgehead atoms. The number of amides is 2. The van der Waals surface area contributed by atoms with Gasteiger partial charge >= 0.3 is 5.97 Å². The minimum atomic E-state index is -0.418. The molecule has 8 nitrogen and oxygen atoms in total. The van der Waals surface area contributed by atoms with Crippen molar-refractivity contribution in [2.45, 2.75) is 20.8 Å². The van der Waals surface area contributed by atoms with Gasteiger partial charge in [-0.2, -0.15) is 5.10 Å². The van der Waals surface area contributed by atoms with Crippen LogP contribution in [0.4, 0.5) is 11.4 Å². The molecule has 2 amide bonds. The van der Waals surface area contributed by atoms with Crippen LogP contribution < -0.4 is 10.6 Å². The fourth-order valence-electron chi connectivity index (χ4n) is 2.91. The molecule has 8 heteroatoms. The molecule has 3 rings (SSSR count). The lowest BCUT2D eigenvalue weighted by atomic mass is 10.1. The van der Waals surface area contributed by atoms with Crippen LogP contribution in [0.2, 0.25) is 0 Å². The molecule has 0 aliphatic carbocycles. The molecule has 0 aliphatic rings. The first-order valence-corrected chi connectivity index (χ1v) is 9.40. The highest BCUT2D eigenvalue weighted by Gasteiger charge is 2.16. The third-order valence-corrected chi connectivity index (χ3v) is 4.32. The number of hydrogen-bond donors (Lipinski definition) is 2. The lowest BCUT2D eigenvalue weighted by molar-refractivity contribution is -0.114. The zero-order valence-electron chi connectivity index (χ0n) is 16.9. The number of nitrogens with zero attached hydrogens (tertiary/aromatic N) is 2. The molecule has 0 atom stereocenters. The molecule has 0 fully saturated rings. The van der Waals surface area contributed by atoms with Crippen LogP contribution >= 0.6 is 0 Å². The Morgan fingerprint density at radius 2 is 1.70 bits per heavy atom. The molecule has 1 heterocycles. The maximum atomic E-state index is 12.5. The molecule has 0 radical (unpaired) electrons. The van der Waals surface area contributed by atoms with Crippen molar-refractivity contribution in [1.82, 2.24) is 9.78 Å². The van der Waals surface area contributed by atoms with Gasteiger partial charge in [-0.15, -0.1) is 0 Å². The Morgan fingerprint density at radius 1 is 1.03 bits per heavy atom. The lowest BCUT2D eigenvalue weighted by Crippen LogP contribution is -2.13. The van der Waals surface area contributed by atoms with Crippen molar-refractivity contribution in [3.8, 4) is 5.69 Å². The number of aromatic nitrogens is 2. The van der Waals surface area contributed by atoms with Gasteiger partial charge in [0.25, 0.3) is 5.91 Å². The van der Waals surface area contributed by atoms with Crippen LogP contribution in [-0.2, 0) is 9.53 Å². The van der Waals surface area contributed by atoms with Gasteiger partial charge in [0, 0.05) is 23.9 Å². The Hall–Kier alpha value is -3.94. The van der Waals surface area contributed by atoms with Gasteiger partial charge in [0.1, 0.15) is 5.56 Å². The maximum Gasteiger partial charge on any atom is 0.341 e. The first-order chi connectivity index (χ1) is 14.4. The number of esters is 1. The summed E-state index contributed by atoms with van der Waals surface area (Å²) in [6.07, 6.45) is 1.47. The summed E-state index contributed by atoms with van der Waals surface area (Å²) in [6.45, 7) is 5.24. The Balaban J connectivity index is 1.74. The highest BCUT2D eigenvalue weighted by molar-refractivity contribution is 6.04. The number of ether oxygens (including phenoxy) is 1. The Bertz CT molecular complexity index is 1090. The van der Waals surface area contributed by atoms with E-state index in [-0.39, 0.29) is 11.8 Å². The topological polar surface area (TPSA) is 102 Å². The third kappa shape index (κ3) is 4.72. The summed E-state index contributed by atoms with van der Waals surface area (Å²) in [5.74, 6) is -0.890. The largest absolute Gasteiger partial charge is 0.462 e. The molecule has 154 valence electrons. The van der Waals surface area contributed by atoms with Gasteiger partial charge in [-0.25, -0.2) is 9.48 Å². The number of anilines is 2. The average Bonchev–Trinajstić information content (AvgIpc) is 3.09. The predicted octanol–water partition coefficient (Wildman–Crippen LogP) is 3.57. The van der Waals surface area contributed by atoms with Crippen molar-refractivity contribution in [1.29, 1.82) is 0 Å². The minimum Gasteiger partial charge on any atom is -0.462 e. The van der Waals surface area contributed by atoms with Crippen LogP contribution in [0.3, 0.4) is 0 Å². The molecule has 0 spiro atoms. The third-order valence-electron chi connectivity index (χ3n) is 4.32. The van der Waals surface area contributed by atoms with E-state index >= 15 is 0 Å². The Kier molecular flexibility index (Phi) is 6.26. The number of carbonyl (C=O) groups excluding carboxylic acids is 3. The summed E-state index contributed by atoms with van der Waals surface area (Å²) in [4.78, 5) is 35.7. The predicted molar refractivity (Wildman–Crippen MR) is 113 cm³/mol. The molecule has 0 aliphatic heterocycles. The van der Waals surface area contributed by atoms with Gasteiger partial charge in [-0.3, -0.25) is 9.59 Å². The average molecular weight is 406 g/mol. The molecule has 30 heavy (non-hydrogen) atoms. The van der Waals surface area contributed by atoms with Gasteiger partial charge in [0.15, 0.2) is 0 Å². The van der Waals surface area contributed by atoms with Crippen LogP contribution in [0.1, 0.15) is 40.3 Å². The summed E-state index contributed by atoms with van der Waals surface area (Å²) < 4.78 is 6.64. The molecule has 0 saturated carbocycles. The van der Waals surface area contributed by atoms with Crippen LogP contribution in [0.5, 0.6) is 0 Å². The first-order valence-electron chi connectivity index (χ1n) is 9.40. The monoisotopic (exact) mass is 406 g/mol. The minimum absolute atomic E-state index is 0.186. The first kappa shape index (κ1) is 20.8. The van der Waals surface area contributed by atoms with E-state index in [0.717, 1.165) is 0 Å². The van der Waals surface area contributed by atoms with Crippen molar-refractivity contribution in [2.75, 3.05) is 17.2 Å². The SMILES string of the molecule is CCOC(=O)c1cnn(-c2ccc(C(=O)Nc3cccc(NC(C)=O)c3)cc2)c1C. The van der Waals surface area contributed by atoms with Gasteiger partial charge in [-0.1, -0.05) is 6.07 Å². The van der Waals surface area contributed by atoms with Gasteiger partial charge in [0.05, 0.1) is 24.2 Å². The number of hydrogen-bond acceptors (Lipinski definition) is 5. The van der Waals surface area contributed by atoms with Crippen LogP contribution in [-0.4, -0.2) is 34.2 Å². The van der Waals surface area contributed by atoms with Crippen LogP contribution in [0.15, 0.2) is 54.7 Å². The molecule has 2 N–H and O–H groups in total. The smallest absolute Gasteiger partial charge is 0.341 e. The van der Waals surface area contributed by atoms with Crippen LogP contribution in [0, 0.1) is 6.92 Å². The normalized spacial score (nSPS) is 10.4. The second kappa shape index (κ2) is 9.04. The van der Waals surface area contributed by atoms with Crippen molar-refractivity contribution >= 4 is 29.2 Å². The zero-order chi connectivity index (χ0) is 21.7. The quantitative estimate of drug-likeness (QED) is 0.609. The van der Waals surface area contributed by atoms with E-state index in [1.807, 2.05) is 0 Å². The van der Waals surface area contributed by atoms with E-state index in [0.29, 0.717) is 40.5 Å². The van der Waals surface area contributed by atoms with E-state index in [4.69, 9.17) is 4.74 Å². The second-order valence-electron chi connectivity index (χ2n) is 6.54. The van der Waals surface area contributed by atoms with Crippen LogP contribution in [0.25, 0.3) is 5.69 Å². The molecule has 0 unspecified atom stereocenters. The van der Waals surface area contributed by atoms with E-state index in [9.17, 15) is 14.4 Å². The second-order valence-corrected chi connectivity index (χ2v) is 6.54. The summed E-state index contributed by atoms with van der Waals surface area (Å²) in [6, 6.07) is 13.7. The summed E-state index contributed by atoms with van der Waals surface area (Å²) in [5, 5.41) is 9.72. The van der Waals surface area contributed by atoms with E-state index < -0.39 is 5.97 Å². The standard InChI is InChI=1S/C22H22N4O4/c1-4-30-22(29)20-13-23-26(14(20)2)19-10-8-16(9-11-19)21(28)25-18-7-5-6-17(12-18)24-15(3)27/h5-13H,4H2,1-3H3,(H,24,27)(H,25,28). The fraction of sp³-hybridized carbons (Fsp3) is 0.182. The highest BCUT2D eigenvalue weighted by atomic mass is 16.5. The fourth-order valence-corrected chi connectivity index (χ4v) is 2.91. The lowest BCUT2D eigenvalue weighted by Gasteiger charge is -2.09. The van der Waals surface area contributed by atoms with Gasteiger partial charge in [0.2, 0.25) is 5.91 Å². The number of benzene rings is 2. The summed E-state index contributed by atoms with van der Waals surface area (Å²) in [5.41, 5.74) is 3.39. The molecular weight excluding hydrogens is 384 g/mol. The summed E-state index contributed by atoms with van der Waals surface area (Å²) in [7, 11) is 0. The molecule has 3 aromatic rings. The Morgan fingerprint density at radius 3 is 2.33 bits per heavy atom. The molecule has 2 aromatic carbocycles. The van der Waals surface area contributed by atoms with E-state index in [1.54, 1.807) is 67.1 Å². The van der Waals surface area contributed by atoms with E-state index in [1.165, 1.54) is 13.1 Å². The van der Waals surface area contributed by atoms with Crippen molar-refractivity contribution in [2.24, 2.45) is 0 Å². The number of nitrogens with one attached hydrogen (secondary N) is 2. The van der Waals surface area contributed by atoms with Crippen molar-refractivity contribution < 1.29 is 19.1 Å². The number of carbonyl (C=O) groups is 3. The molecular formula is C22H22N4O4. The van der Waals surface area contributed by atoms with E-state index in [2.05, 4.69) is 15.7 Å². The van der Waals surface area contributed by atoms with Gasteiger partial charge in [-0.05, 0) is 56.3 Å². The summed E-state index contributed by atoms with van der Waals surface area (Å²) >= 11 is 0. The number of rotatable bonds is 6. The molecule has 1 aromatic heterocycles. The highest BCUT2D eigenvalue weighted by Crippen LogP contribution is 2.18. The van der Waals surface area contributed by atoms with Crippen molar-refractivity contribution in [3.05, 3.63) is 71.5 Å². The van der Waals surface area contributed by atoms with Crippen molar-refractivity contribution in [3.63, 3.8) is 0 Å². The molecule has 0 saturated heterocycles. The Labute approximate surface area is 173 Å². The van der Waals surface area contributed by atoms with Gasteiger partial charge < -0.3 is 15.4 Å². The maximum absolute atomic E-state index is 12.5. The zero-order valence-corrected chi connectivity index (χ0v) is 16.9.